The van der Waals surface area contributed by atoms with Gasteiger partial charge >= 0.3 is 13.2 Å². The van der Waals surface area contributed by atoms with E-state index in [1.165, 1.54) is 4.90 Å². The van der Waals surface area contributed by atoms with Crippen molar-refractivity contribution < 1.29 is 28.8 Å². The standard InChI is InChI=1S/C22H36BN3O6/c1-5-14-13-31-23(30)18(14)25-19(27)16-11-8-12-26(16)20(28)17(22(2,3)4)24-21(29)32-15-9-6-7-10-15/h5,14-18,30H,1,6-13H2,2-4H3,(H,24,29)(H,25,27)/t14?,16-,17+,18-/m0/s1. The van der Waals surface area contributed by atoms with Gasteiger partial charge < -0.3 is 29.9 Å². The molecule has 2 aliphatic heterocycles. The van der Waals surface area contributed by atoms with Gasteiger partial charge in [-0.3, -0.25) is 9.59 Å². The van der Waals surface area contributed by atoms with Crippen LogP contribution in [0.25, 0.3) is 0 Å². The van der Waals surface area contributed by atoms with Crippen molar-refractivity contribution >= 4 is 25.0 Å². The number of nitrogens with one attached hydrogen (secondary N) is 2. The second-order valence-electron chi connectivity index (χ2n) is 10.1. The molecule has 0 aromatic rings. The molecule has 2 saturated heterocycles. The van der Waals surface area contributed by atoms with Crippen molar-refractivity contribution in [2.24, 2.45) is 11.3 Å². The molecule has 0 radical (unpaired) electrons. The van der Waals surface area contributed by atoms with Crippen LogP contribution < -0.4 is 10.6 Å². The van der Waals surface area contributed by atoms with E-state index >= 15 is 0 Å². The normalized spacial score (nSPS) is 27.3. The first-order chi connectivity index (χ1) is 15.1. The molecule has 3 amide bonds. The van der Waals surface area contributed by atoms with Crippen molar-refractivity contribution in [3.63, 3.8) is 0 Å². The molecule has 10 heteroatoms. The van der Waals surface area contributed by atoms with Crippen LogP contribution >= 0.6 is 0 Å². The largest absolute Gasteiger partial charge is 0.478 e. The van der Waals surface area contributed by atoms with Gasteiger partial charge in [-0.15, -0.1) is 6.58 Å². The number of carbonyl (C=O) groups excluding carboxylic acids is 3. The van der Waals surface area contributed by atoms with Crippen LogP contribution in [0, 0.1) is 11.3 Å². The van der Waals surface area contributed by atoms with E-state index in [1.807, 2.05) is 20.8 Å². The average Bonchev–Trinajstić information content (AvgIpc) is 3.47. The number of hydrogen-bond acceptors (Lipinski definition) is 6. The number of ether oxygens (including phenoxy) is 1. The fraction of sp³-hybridized carbons (Fsp3) is 0.773. The molecule has 32 heavy (non-hydrogen) atoms. The molecule has 3 aliphatic rings. The first-order valence-electron chi connectivity index (χ1n) is 11.6. The highest BCUT2D eigenvalue weighted by molar-refractivity contribution is 6.46. The second-order valence-corrected chi connectivity index (χ2v) is 10.1. The van der Waals surface area contributed by atoms with Gasteiger partial charge in [0.2, 0.25) is 11.8 Å². The van der Waals surface area contributed by atoms with Crippen LogP contribution in [0.3, 0.4) is 0 Å². The fourth-order valence-electron chi connectivity index (χ4n) is 4.71. The van der Waals surface area contributed by atoms with E-state index in [0.29, 0.717) is 19.4 Å². The summed E-state index contributed by atoms with van der Waals surface area (Å²) < 4.78 is 10.7. The number of alkyl carbamates (subject to hydrolysis) is 1. The Morgan fingerprint density at radius 1 is 1.22 bits per heavy atom. The predicted octanol–water partition coefficient (Wildman–Crippen LogP) is 1.40. The fourth-order valence-corrected chi connectivity index (χ4v) is 4.71. The number of likely N-dealkylation sites (tertiary alicyclic amines) is 1. The topological polar surface area (TPSA) is 117 Å². The summed E-state index contributed by atoms with van der Waals surface area (Å²) in [6, 6.07) is -1.50. The highest BCUT2D eigenvalue weighted by Gasteiger charge is 2.45. The summed E-state index contributed by atoms with van der Waals surface area (Å²) in [5, 5.41) is 15.6. The first-order valence-corrected chi connectivity index (χ1v) is 11.6. The lowest BCUT2D eigenvalue weighted by atomic mass is 9.75. The maximum atomic E-state index is 13.5. The van der Waals surface area contributed by atoms with Crippen LogP contribution in [0.5, 0.6) is 0 Å². The number of hydrogen-bond donors (Lipinski definition) is 3. The zero-order chi connectivity index (χ0) is 23.5. The Hall–Kier alpha value is -2.07. The molecular weight excluding hydrogens is 413 g/mol. The molecule has 3 fully saturated rings. The lowest BCUT2D eigenvalue weighted by molar-refractivity contribution is -0.142. The number of amides is 3. The summed E-state index contributed by atoms with van der Waals surface area (Å²) in [7, 11) is -1.11. The smallest absolute Gasteiger partial charge is 0.446 e. The van der Waals surface area contributed by atoms with Gasteiger partial charge in [-0.1, -0.05) is 26.8 Å². The maximum absolute atomic E-state index is 13.5. The van der Waals surface area contributed by atoms with Crippen LogP contribution in [0.4, 0.5) is 4.79 Å². The summed E-state index contributed by atoms with van der Waals surface area (Å²) >= 11 is 0. The molecule has 178 valence electrons. The third kappa shape index (κ3) is 5.64. The third-order valence-corrected chi connectivity index (χ3v) is 6.63. The Morgan fingerprint density at radius 3 is 2.53 bits per heavy atom. The summed E-state index contributed by atoms with van der Waals surface area (Å²) in [5.41, 5.74) is -0.571. The Kier molecular flexibility index (Phi) is 7.87. The molecule has 3 rings (SSSR count). The number of carbonyl (C=O) groups is 3. The third-order valence-electron chi connectivity index (χ3n) is 6.63. The van der Waals surface area contributed by atoms with Crippen LogP contribution in [-0.2, 0) is 19.0 Å². The first kappa shape index (κ1) is 24.6. The van der Waals surface area contributed by atoms with Crippen molar-refractivity contribution in [1.82, 2.24) is 15.5 Å². The number of rotatable bonds is 6. The zero-order valence-electron chi connectivity index (χ0n) is 19.3. The molecule has 0 aromatic heterocycles. The molecule has 2 heterocycles. The Labute approximate surface area is 190 Å². The van der Waals surface area contributed by atoms with Gasteiger partial charge in [0.05, 0.1) is 5.94 Å². The summed E-state index contributed by atoms with van der Waals surface area (Å²) in [6.45, 7) is 10.1. The van der Waals surface area contributed by atoms with E-state index in [9.17, 15) is 19.4 Å². The van der Waals surface area contributed by atoms with Crippen molar-refractivity contribution in [2.75, 3.05) is 13.2 Å². The van der Waals surface area contributed by atoms with Gasteiger partial charge in [-0.05, 0) is 43.9 Å². The van der Waals surface area contributed by atoms with Crippen LogP contribution in [0.2, 0.25) is 0 Å². The lowest BCUT2D eigenvalue weighted by Gasteiger charge is -2.35. The van der Waals surface area contributed by atoms with Gasteiger partial charge in [0.1, 0.15) is 18.2 Å². The quantitative estimate of drug-likeness (QED) is 0.417. The lowest BCUT2D eigenvalue weighted by Crippen LogP contribution is -2.59. The van der Waals surface area contributed by atoms with Gasteiger partial charge in [0, 0.05) is 19.1 Å². The molecule has 1 aliphatic carbocycles. The maximum Gasteiger partial charge on any atom is 0.478 e. The highest BCUT2D eigenvalue weighted by Crippen LogP contribution is 2.27. The van der Waals surface area contributed by atoms with Crippen molar-refractivity contribution in [3.05, 3.63) is 12.7 Å². The van der Waals surface area contributed by atoms with Crippen molar-refractivity contribution in [3.8, 4) is 0 Å². The molecule has 1 unspecified atom stereocenters. The summed E-state index contributed by atoms with van der Waals surface area (Å²) in [5.74, 6) is -1.44. The Bertz CT molecular complexity index is 721. The monoisotopic (exact) mass is 449 g/mol. The van der Waals surface area contributed by atoms with E-state index in [2.05, 4.69) is 17.2 Å². The van der Waals surface area contributed by atoms with E-state index in [-0.39, 0.29) is 30.4 Å². The average molecular weight is 449 g/mol. The van der Waals surface area contributed by atoms with Crippen molar-refractivity contribution in [2.45, 2.75) is 83.4 Å². The molecule has 9 nitrogen and oxygen atoms in total. The van der Waals surface area contributed by atoms with Gasteiger partial charge in [-0.25, -0.2) is 4.79 Å². The van der Waals surface area contributed by atoms with E-state index < -0.39 is 36.7 Å². The van der Waals surface area contributed by atoms with Gasteiger partial charge in [-0.2, -0.15) is 0 Å². The minimum absolute atomic E-state index is 0.103. The minimum atomic E-state index is -1.11. The predicted molar refractivity (Wildman–Crippen MR) is 119 cm³/mol. The molecule has 1 saturated carbocycles. The SMILES string of the molecule is C=CC1COB(O)[C@H]1NC(=O)[C@@H]1CCCN1C(=O)[C@@H](NC(=O)OC1CCCC1)C(C)(C)C. The van der Waals surface area contributed by atoms with Gasteiger partial charge in [0.15, 0.2) is 0 Å². The van der Waals surface area contributed by atoms with Crippen LogP contribution in [0.15, 0.2) is 12.7 Å². The van der Waals surface area contributed by atoms with Crippen LogP contribution in [-0.4, -0.2) is 72.2 Å². The zero-order valence-corrected chi connectivity index (χ0v) is 19.3. The van der Waals surface area contributed by atoms with E-state index in [1.54, 1.807) is 6.08 Å². The van der Waals surface area contributed by atoms with E-state index in [4.69, 9.17) is 9.39 Å². The summed E-state index contributed by atoms with van der Waals surface area (Å²) in [6.07, 6.45) is 5.92. The number of nitrogens with zero attached hydrogens (tertiary/aromatic N) is 1. The molecule has 0 aromatic carbocycles. The second kappa shape index (κ2) is 10.3. The van der Waals surface area contributed by atoms with Crippen LogP contribution in [0.1, 0.15) is 59.3 Å². The Morgan fingerprint density at radius 2 is 1.91 bits per heavy atom. The molecule has 0 spiro atoms. The molecule has 4 atom stereocenters. The summed E-state index contributed by atoms with van der Waals surface area (Å²) in [4.78, 5) is 40.5. The van der Waals surface area contributed by atoms with Crippen molar-refractivity contribution in [1.29, 1.82) is 0 Å². The van der Waals surface area contributed by atoms with E-state index in [0.717, 1.165) is 25.7 Å². The highest BCUT2D eigenvalue weighted by atomic mass is 16.6. The Balaban J connectivity index is 1.67. The minimum Gasteiger partial charge on any atom is -0.446 e. The molecule has 3 N–H and O–H groups in total. The molecule has 0 bridgehead atoms. The van der Waals surface area contributed by atoms with Gasteiger partial charge in [0.25, 0.3) is 0 Å². The molecular formula is C22H36BN3O6.